The van der Waals surface area contributed by atoms with Crippen molar-refractivity contribution in [1.29, 1.82) is 0 Å². The lowest BCUT2D eigenvalue weighted by atomic mass is 9.83. The lowest BCUT2D eigenvalue weighted by Gasteiger charge is -2.25. The Morgan fingerprint density at radius 3 is 2.44 bits per heavy atom. The number of hydrogen-bond acceptors (Lipinski definition) is 3. The normalized spacial score (nSPS) is 23.8. The molecule has 0 aliphatic heterocycles. The second-order valence-corrected chi connectivity index (χ2v) is 8.32. The molecule has 134 valence electrons. The van der Waals surface area contributed by atoms with Crippen LogP contribution in [-0.2, 0) is 19.9 Å². The van der Waals surface area contributed by atoms with Crippen LogP contribution in [0, 0.1) is 11.8 Å². The zero-order valence-corrected chi connectivity index (χ0v) is 15.7. The summed E-state index contributed by atoms with van der Waals surface area (Å²) in [5.41, 5.74) is 10.7. The Kier molecular flexibility index (Phi) is 4.83. The standard InChI is InChI=1S/C20H27ClN4/c1-25-20(9-14-2-3-14)18(11-24-25)17-10-16(23-12-19(17)21)8-13-4-6-15(22)7-5-13/h10-15H,2-9,22H2,1H3. The molecule has 2 aliphatic rings. The van der Waals surface area contributed by atoms with E-state index in [1.165, 1.54) is 36.9 Å². The van der Waals surface area contributed by atoms with Crippen molar-refractivity contribution >= 4 is 11.6 Å². The molecule has 2 aromatic heterocycles. The second kappa shape index (κ2) is 7.08. The summed E-state index contributed by atoms with van der Waals surface area (Å²) in [7, 11) is 2.03. The number of pyridine rings is 1. The van der Waals surface area contributed by atoms with Gasteiger partial charge in [-0.3, -0.25) is 9.67 Å². The molecule has 0 saturated heterocycles. The number of hydrogen-bond donors (Lipinski definition) is 1. The van der Waals surface area contributed by atoms with E-state index in [0.717, 1.165) is 47.9 Å². The van der Waals surface area contributed by atoms with Gasteiger partial charge in [0.2, 0.25) is 0 Å². The zero-order valence-electron chi connectivity index (χ0n) is 14.9. The van der Waals surface area contributed by atoms with E-state index in [-0.39, 0.29) is 0 Å². The predicted molar refractivity (Wildman–Crippen MR) is 102 cm³/mol. The number of halogens is 1. The Balaban J connectivity index is 1.57. The maximum atomic E-state index is 6.51. The van der Waals surface area contributed by atoms with Gasteiger partial charge in [-0.1, -0.05) is 11.6 Å². The van der Waals surface area contributed by atoms with Gasteiger partial charge in [0.25, 0.3) is 0 Å². The lowest BCUT2D eigenvalue weighted by molar-refractivity contribution is 0.323. The van der Waals surface area contributed by atoms with E-state index >= 15 is 0 Å². The molecule has 0 amide bonds. The maximum absolute atomic E-state index is 6.51. The number of aromatic nitrogens is 3. The molecule has 2 saturated carbocycles. The highest BCUT2D eigenvalue weighted by Crippen LogP contribution is 2.37. The van der Waals surface area contributed by atoms with Crippen molar-refractivity contribution in [2.45, 2.75) is 57.4 Å². The van der Waals surface area contributed by atoms with Crippen molar-refractivity contribution in [2.24, 2.45) is 24.6 Å². The van der Waals surface area contributed by atoms with Crippen LogP contribution in [-0.4, -0.2) is 20.8 Å². The molecule has 0 unspecified atom stereocenters. The quantitative estimate of drug-likeness (QED) is 0.873. The molecule has 5 heteroatoms. The molecule has 2 aromatic rings. The van der Waals surface area contributed by atoms with Crippen molar-refractivity contribution in [3.8, 4) is 11.1 Å². The van der Waals surface area contributed by atoms with Crippen molar-refractivity contribution in [3.05, 3.63) is 34.9 Å². The highest BCUT2D eigenvalue weighted by atomic mass is 35.5. The summed E-state index contributed by atoms with van der Waals surface area (Å²) in [6, 6.07) is 2.58. The Bertz CT molecular complexity index is 742. The van der Waals surface area contributed by atoms with Crippen molar-refractivity contribution in [2.75, 3.05) is 0 Å². The molecule has 25 heavy (non-hydrogen) atoms. The fourth-order valence-corrected chi connectivity index (χ4v) is 4.22. The van der Waals surface area contributed by atoms with Crippen molar-refractivity contribution < 1.29 is 0 Å². The third-order valence-corrected chi connectivity index (χ3v) is 6.13. The number of nitrogens with two attached hydrogens (primary N) is 1. The van der Waals surface area contributed by atoms with Gasteiger partial charge in [-0.2, -0.15) is 5.10 Å². The smallest absolute Gasteiger partial charge is 0.0669 e. The van der Waals surface area contributed by atoms with Crippen LogP contribution in [0.1, 0.15) is 49.9 Å². The lowest BCUT2D eigenvalue weighted by Crippen LogP contribution is -2.27. The van der Waals surface area contributed by atoms with Gasteiger partial charge < -0.3 is 5.73 Å². The Labute approximate surface area is 154 Å². The summed E-state index contributed by atoms with van der Waals surface area (Å²) in [4.78, 5) is 4.60. The van der Waals surface area contributed by atoms with E-state index in [9.17, 15) is 0 Å². The topological polar surface area (TPSA) is 56.7 Å². The maximum Gasteiger partial charge on any atom is 0.0669 e. The molecular formula is C20H27ClN4. The molecule has 0 atom stereocenters. The minimum Gasteiger partial charge on any atom is -0.328 e. The minimum absolute atomic E-state index is 0.394. The molecule has 4 rings (SSSR count). The third kappa shape index (κ3) is 3.90. The largest absolute Gasteiger partial charge is 0.328 e. The zero-order chi connectivity index (χ0) is 17.4. The molecule has 0 aromatic carbocycles. The van der Waals surface area contributed by atoms with Gasteiger partial charge in [0.05, 0.1) is 11.2 Å². The molecule has 4 nitrogen and oxygen atoms in total. The number of nitrogens with zero attached hydrogens (tertiary/aromatic N) is 3. The van der Waals surface area contributed by atoms with E-state index in [2.05, 4.69) is 16.1 Å². The van der Waals surface area contributed by atoms with Crippen LogP contribution in [0.5, 0.6) is 0 Å². The van der Waals surface area contributed by atoms with Crippen LogP contribution in [0.4, 0.5) is 0 Å². The predicted octanol–water partition coefficient (Wildman–Crippen LogP) is 4.15. The highest BCUT2D eigenvalue weighted by molar-refractivity contribution is 6.33. The first kappa shape index (κ1) is 17.0. The number of rotatable bonds is 5. The van der Waals surface area contributed by atoms with Gasteiger partial charge in [0.15, 0.2) is 0 Å². The minimum atomic E-state index is 0.394. The average molecular weight is 359 g/mol. The second-order valence-electron chi connectivity index (χ2n) is 7.92. The summed E-state index contributed by atoms with van der Waals surface area (Å²) < 4.78 is 2.01. The van der Waals surface area contributed by atoms with E-state index in [1.807, 2.05) is 24.1 Å². The van der Waals surface area contributed by atoms with E-state index in [1.54, 1.807) is 0 Å². The molecule has 0 bridgehead atoms. The van der Waals surface area contributed by atoms with E-state index in [4.69, 9.17) is 17.3 Å². The summed E-state index contributed by atoms with van der Waals surface area (Å²) in [6.45, 7) is 0. The Morgan fingerprint density at radius 1 is 1.04 bits per heavy atom. The van der Waals surface area contributed by atoms with Gasteiger partial charge in [-0.15, -0.1) is 0 Å². The third-order valence-electron chi connectivity index (χ3n) is 5.83. The first-order valence-corrected chi connectivity index (χ1v) is 9.89. The summed E-state index contributed by atoms with van der Waals surface area (Å²) in [5.74, 6) is 1.52. The Hall–Kier alpha value is -1.39. The van der Waals surface area contributed by atoms with Gasteiger partial charge in [-0.05, 0) is 69.3 Å². The van der Waals surface area contributed by atoms with Crippen LogP contribution in [0.3, 0.4) is 0 Å². The van der Waals surface area contributed by atoms with Crippen molar-refractivity contribution in [1.82, 2.24) is 14.8 Å². The number of aryl methyl sites for hydroxylation is 1. The first-order valence-electron chi connectivity index (χ1n) is 9.51. The van der Waals surface area contributed by atoms with Gasteiger partial charge in [-0.25, -0.2) is 0 Å². The monoisotopic (exact) mass is 358 g/mol. The molecule has 2 fully saturated rings. The van der Waals surface area contributed by atoms with E-state index in [0.29, 0.717) is 12.0 Å². The van der Waals surface area contributed by atoms with Crippen LogP contribution in [0.15, 0.2) is 18.5 Å². The van der Waals surface area contributed by atoms with Crippen LogP contribution in [0.25, 0.3) is 11.1 Å². The van der Waals surface area contributed by atoms with Crippen LogP contribution < -0.4 is 5.73 Å². The molecule has 0 spiro atoms. The SMILES string of the molecule is Cn1ncc(-c2cc(CC3CCC(N)CC3)ncc2Cl)c1CC1CC1. The van der Waals surface area contributed by atoms with E-state index < -0.39 is 0 Å². The van der Waals surface area contributed by atoms with Crippen LogP contribution in [0.2, 0.25) is 5.02 Å². The molecule has 2 heterocycles. The molecule has 0 radical (unpaired) electrons. The Morgan fingerprint density at radius 2 is 1.72 bits per heavy atom. The van der Waals surface area contributed by atoms with Crippen molar-refractivity contribution in [3.63, 3.8) is 0 Å². The summed E-state index contributed by atoms with van der Waals surface area (Å²) >= 11 is 6.51. The fourth-order valence-electron chi connectivity index (χ4n) is 4.01. The molecule has 2 N–H and O–H groups in total. The average Bonchev–Trinajstić information content (AvgIpc) is 3.35. The molecular weight excluding hydrogens is 332 g/mol. The summed E-state index contributed by atoms with van der Waals surface area (Å²) in [6.07, 6.45) is 13.3. The fraction of sp³-hybridized carbons (Fsp3) is 0.600. The van der Waals surface area contributed by atoms with Gasteiger partial charge in [0.1, 0.15) is 0 Å². The highest BCUT2D eigenvalue weighted by Gasteiger charge is 2.26. The molecule has 2 aliphatic carbocycles. The van der Waals surface area contributed by atoms with Crippen LogP contribution >= 0.6 is 11.6 Å². The van der Waals surface area contributed by atoms with Gasteiger partial charge >= 0.3 is 0 Å². The summed E-state index contributed by atoms with van der Waals surface area (Å²) in [5, 5.41) is 5.21. The van der Waals surface area contributed by atoms with Gasteiger partial charge in [0, 0.05) is 41.8 Å². The first-order chi connectivity index (χ1) is 12.1.